The number of thiophene rings is 1. The molecule has 1 aliphatic rings. The van der Waals surface area contributed by atoms with Gasteiger partial charge in [-0.05, 0) is 290 Å². The molecule has 1 aliphatic carbocycles. The summed E-state index contributed by atoms with van der Waals surface area (Å²) < 4.78 is 16.7. The maximum atomic E-state index is 6.53. The summed E-state index contributed by atoms with van der Waals surface area (Å²) in [5.41, 5.74) is 20.0. The fraction of sp³-hybridized carbons (Fsp3) is 0.0244. The van der Waals surface area contributed by atoms with Gasteiger partial charge in [0.15, 0.2) is 0 Å². The van der Waals surface area contributed by atoms with Crippen LogP contribution in [0, 0.1) is 0 Å². The van der Waals surface area contributed by atoms with E-state index in [4.69, 9.17) is 4.42 Å². The summed E-state index contributed by atoms with van der Waals surface area (Å²) in [7, 11) is 0. The van der Waals surface area contributed by atoms with Crippen molar-refractivity contribution < 1.29 is 4.42 Å². The minimum Gasteiger partial charge on any atom is -0.456 e. The number of fused-ring (bicyclic) bond motifs is 42. The third kappa shape index (κ3) is 9.72. The molecule has 4 nitrogen and oxygen atoms in total. The lowest BCUT2D eigenvalue weighted by atomic mass is 9.81. The number of para-hydroxylation sites is 2. The fourth-order valence-corrected chi connectivity index (χ4v) is 24.5. The van der Waals surface area contributed by atoms with Crippen molar-refractivity contribution in [3.63, 3.8) is 0 Å². The molecule has 29 aromatic rings. The first-order valence-electron chi connectivity index (χ1n) is 44.5. The van der Waals surface area contributed by atoms with E-state index in [1.54, 1.807) is 0 Å². The third-order valence-corrected chi connectivity index (χ3v) is 30.3. The van der Waals surface area contributed by atoms with E-state index in [9.17, 15) is 0 Å². The van der Waals surface area contributed by atoms with Crippen LogP contribution in [0.5, 0.6) is 0 Å². The summed E-state index contributed by atoms with van der Waals surface area (Å²) in [6.07, 6.45) is 0. The van der Waals surface area contributed by atoms with Crippen molar-refractivity contribution in [3.8, 4) is 39.3 Å². The molecule has 0 saturated carbocycles. The summed E-state index contributed by atoms with van der Waals surface area (Å²) in [5.74, 6) is 0. The van der Waals surface area contributed by atoms with Gasteiger partial charge in [0, 0.05) is 91.8 Å². The van der Waals surface area contributed by atoms with Crippen molar-refractivity contribution in [2.45, 2.75) is 19.3 Å². The van der Waals surface area contributed by atoms with Crippen LogP contribution in [-0.2, 0) is 5.41 Å². The summed E-state index contributed by atoms with van der Waals surface area (Å²) in [4.78, 5) is 0. The molecule has 0 saturated heterocycles. The Labute approximate surface area is 737 Å². The standard InChI is InChI=1S/C66H38N2S.C57H35NO/c1-2-16-41(17-3-1)67-61-36-55-49-25-10-6-21-45(49)43-19-4-8-23-47(43)53(55)33-57(61)59-35-60-58-34-54-48-24-9-5-20-44(48)46-22-7-11-26-50(46)56(54)37-62(58)68(64(60)38-63(59)67)42-18-14-15-39(31-42)40-29-30-52-51-27-12-13-28-65(51)69-66(52)32-40;1-57(2)51-29-45-39-19-9-5-15-35(39)33-13-3-7-17-37(33)43(45)26-47(51)48-28-50-49-27-44-38-18-8-4-14-34(38)36-16-6-10-20-40(36)46(44)30-53(49)58(54(50)31-52(48)57)32-23-24-42-41-21-11-12-22-55(41)59-56(42)25-32/h1-38H;3-31H,1-2H3. The minimum absolute atomic E-state index is 0.221. The number of furan rings is 1. The highest BCUT2D eigenvalue weighted by atomic mass is 32.1. The zero-order chi connectivity index (χ0) is 83.6. The number of rotatable bonds is 4. The first kappa shape index (κ1) is 70.2. The number of hydrogen-bond acceptors (Lipinski definition) is 2. The quantitative estimate of drug-likeness (QED) is 0.161. The molecule has 0 bridgehead atoms. The number of aromatic nitrogens is 3. The molecule has 30 rings (SSSR count). The summed E-state index contributed by atoms with van der Waals surface area (Å²) in [6.45, 7) is 4.83. The van der Waals surface area contributed by atoms with Crippen LogP contribution in [0.3, 0.4) is 0 Å². The van der Waals surface area contributed by atoms with E-state index in [0.717, 1.165) is 39.0 Å². The fourth-order valence-electron chi connectivity index (χ4n) is 23.3. The van der Waals surface area contributed by atoms with E-state index in [0.29, 0.717) is 0 Å². The van der Waals surface area contributed by atoms with Crippen LogP contribution < -0.4 is 0 Å². The topological polar surface area (TPSA) is 27.9 Å². The van der Waals surface area contributed by atoms with Crippen molar-refractivity contribution in [1.29, 1.82) is 0 Å². The molecule has 0 unspecified atom stereocenters. The zero-order valence-electron chi connectivity index (χ0n) is 69.8. The Balaban J connectivity index is 0.000000128. The van der Waals surface area contributed by atoms with Gasteiger partial charge in [0.05, 0.1) is 33.1 Å². The number of benzene rings is 24. The Kier molecular flexibility index (Phi) is 14.3. The highest BCUT2D eigenvalue weighted by Gasteiger charge is 2.38. The van der Waals surface area contributed by atoms with E-state index in [1.807, 2.05) is 17.4 Å². The van der Waals surface area contributed by atoms with Crippen molar-refractivity contribution in [3.05, 3.63) is 418 Å². The molecular formula is C123H73N3OS. The van der Waals surface area contributed by atoms with Gasteiger partial charge in [0.25, 0.3) is 0 Å². The van der Waals surface area contributed by atoms with Crippen molar-refractivity contribution in [2.24, 2.45) is 0 Å². The van der Waals surface area contributed by atoms with Gasteiger partial charge < -0.3 is 18.1 Å². The highest BCUT2D eigenvalue weighted by molar-refractivity contribution is 7.25. The van der Waals surface area contributed by atoms with Crippen LogP contribution in [0.25, 0.3) is 276 Å². The second-order valence-corrected chi connectivity index (χ2v) is 37.0. The van der Waals surface area contributed by atoms with E-state index < -0.39 is 0 Å². The summed E-state index contributed by atoms with van der Waals surface area (Å²) in [6, 6.07) is 152. The molecule has 24 aromatic carbocycles. The predicted octanol–water partition coefficient (Wildman–Crippen LogP) is 34.7. The smallest absolute Gasteiger partial charge is 0.137 e. The third-order valence-electron chi connectivity index (χ3n) is 29.1. The first-order chi connectivity index (χ1) is 63.2. The second-order valence-electron chi connectivity index (χ2n) is 36.0. The Bertz CT molecular complexity index is 10100. The molecule has 5 aromatic heterocycles. The van der Waals surface area contributed by atoms with E-state index >= 15 is 0 Å². The van der Waals surface area contributed by atoms with Crippen LogP contribution in [0.15, 0.2) is 411 Å². The Morgan fingerprint density at radius 1 is 0.180 bits per heavy atom. The lowest BCUT2D eigenvalue weighted by Gasteiger charge is -2.22. The molecular weight excluding hydrogens is 1570 g/mol. The van der Waals surface area contributed by atoms with Gasteiger partial charge in [-0.15, -0.1) is 11.3 Å². The van der Waals surface area contributed by atoms with Gasteiger partial charge in [-0.1, -0.05) is 287 Å². The van der Waals surface area contributed by atoms with Crippen molar-refractivity contribution in [1.82, 2.24) is 13.7 Å². The van der Waals surface area contributed by atoms with Crippen LogP contribution >= 0.6 is 11.3 Å². The summed E-state index contributed by atoms with van der Waals surface area (Å²) >= 11 is 1.87. The molecule has 0 aliphatic heterocycles. The Morgan fingerprint density at radius 2 is 0.484 bits per heavy atom. The van der Waals surface area contributed by atoms with E-state index in [1.165, 1.54) is 248 Å². The molecule has 592 valence electrons. The maximum absolute atomic E-state index is 6.53. The van der Waals surface area contributed by atoms with Crippen LogP contribution in [-0.4, -0.2) is 13.7 Å². The van der Waals surface area contributed by atoms with Crippen LogP contribution in [0.2, 0.25) is 0 Å². The lowest BCUT2D eigenvalue weighted by molar-refractivity contribution is 0.661. The average Bonchev–Trinajstić information content (AvgIpc) is 1.54. The zero-order valence-corrected chi connectivity index (χ0v) is 70.7. The predicted molar refractivity (Wildman–Crippen MR) is 549 cm³/mol. The van der Waals surface area contributed by atoms with Crippen molar-refractivity contribution >= 4 is 248 Å². The number of hydrogen-bond donors (Lipinski definition) is 0. The van der Waals surface area contributed by atoms with Gasteiger partial charge in [0.1, 0.15) is 11.2 Å². The van der Waals surface area contributed by atoms with Gasteiger partial charge in [-0.2, -0.15) is 0 Å². The van der Waals surface area contributed by atoms with Gasteiger partial charge in [-0.3, -0.25) is 0 Å². The highest BCUT2D eigenvalue weighted by Crippen LogP contribution is 2.56. The average molecular weight is 1640 g/mol. The Morgan fingerprint density at radius 3 is 0.961 bits per heavy atom. The molecule has 5 heteroatoms. The summed E-state index contributed by atoms with van der Waals surface area (Å²) in [5, 5.41) is 43.3. The first-order valence-corrected chi connectivity index (χ1v) is 45.3. The molecule has 0 radical (unpaired) electrons. The lowest BCUT2D eigenvalue weighted by Crippen LogP contribution is -2.15. The van der Waals surface area contributed by atoms with Crippen LogP contribution in [0.4, 0.5) is 0 Å². The maximum Gasteiger partial charge on any atom is 0.137 e. The second kappa shape index (κ2) is 26.0. The largest absolute Gasteiger partial charge is 0.456 e. The molecule has 0 N–H and O–H groups in total. The minimum atomic E-state index is -0.221. The monoisotopic (exact) mass is 1640 g/mol. The SMILES string of the molecule is CC1(C)c2cc3c4ccccc4c4ccccc4c3cc2-c2cc3c4cc5c6ccccc6c6ccccc6c5cc4n(-c4ccc5c(c4)oc4ccccc45)c3cc21.c1ccc(-n2c3cc4c5ccccc5c5ccccc5c4cc3c3cc4c5cc6c7ccccc7c7ccccc7c6cc5n(-c5cccc(-c6ccc7c(c6)sc6ccccc67)c5)c4cc32)cc1. The van der Waals surface area contributed by atoms with Gasteiger partial charge in [-0.25, -0.2) is 0 Å². The molecule has 128 heavy (non-hydrogen) atoms. The molecule has 0 spiro atoms. The number of nitrogens with zero attached hydrogens (tertiary/aromatic N) is 3. The van der Waals surface area contributed by atoms with Gasteiger partial charge in [0.2, 0.25) is 0 Å². The van der Waals surface area contributed by atoms with E-state index in [2.05, 4.69) is 428 Å². The molecule has 0 atom stereocenters. The molecule has 0 amide bonds. The normalized spacial score (nSPS) is 13.0. The van der Waals surface area contributed by atoms with Crippen LogP contribution in [0.1, 0.15) is 25.0 Å². The molecule has 5 heterocycles. The molecule has 0 fully saturated rings. The van der Waals surface area contributed by atoms with Gasteiger partial charge >= 0.3 is 0 Å². The van der Waals surface area contributed by atoms with E-state index in [-0.39, 0.29) is 5.41 Å². The Hall–Kier alpha value is -16.2. The van der Waals surface area contributed by atoms with Crippen molar-refractivity contribution in [2.75, 3.05) is 0 Å².